The minimum absolute atomic E-state index is 0.169. The van der Waals surface area contributed by atoms with Crippen LogP contribution in [0.2, 0.25) is 0 Å². The van der Waals surface area contributed by atoms with E-state index in [-0.39, 0.29) is 11.3 Å². The molecule has 0 atom stereocenters. The molecule has 5 nitrogen and oxygen atoms in total. The molecule has 1 aliphatic rings. The number of ether oxygens (including phenoxy) is 1. The number of benzene rings is 3. The zero-order valence-corrected chi connectivity index (χ0v) is 17.2. The maximum atomic E-state index is 13.4. The van der Waals surface area contributed by atoms with Gasteiger partial charge in [-0.2, -0.15) is 0 Å². The fraction of sp³-hybridized carbons (Fsp3) is 0.120. The predicted octanol–water partition coefficient (Wildman–Crippen LogP) is 4.93. The van der Waals surface area contributed by atoms with E-state index in [2.05, 4.69) is 5.32 Å². The van der Waals surface area contributed by atoms with Crippen LogP contribution in [0.15, 0.2) is 78.5 Å². The molecule has 0 spiro atoms. The van der Waals surface area contributed by atoms with Crippen LogP contribution in [-0.4, -0.2) is 18.4 Å². The minimum atomic E-state index is -0.499. The zero-order chi connectivity index (χ0) is 22.0. The highest BCUT2D eigenvalue weighted by atomic mass is 19.1. The Hall–Kier alpha value is -3.93. The Bertz CT molecular complexity index is 1150. The minimum Gasteiger partial charge on any atom is -0.494 e. The summed E-state index contributed by atoms with van der Waals surface area (Å²) in [6.45, 7) is 4.38. The SMILES string of the molecule is CCOc1ccc(C2=C(Nc3ccc(C)cc3)C(=O)N(c3ccc(F)cc3)C2=O)cc1. The number of carbonyl (C=O) groups is 2. The molecule has 1 N–H and O–H groups in total. The van der Waals surface area contributed by atoms with Crippen LogP contribution in [-0.2, 0) is 9.59 Å². The Morgan fingerprint density at radius 3 is 2.13 bits per heavy atom. The van der Waals surface area contributed by atoms with Gasteiger partial charge in [-0.05, 0) is 67.9 Å². The van der Waals surface area contributed by atoms with Crippen molar-refractivity contribution in [2.45, 2.75) is 13.8 Å². The van der Waals surface area contributed by atoms with Crippen molar-refractivity contribution < 1.29 is 18.7 Å². The van der Waals surface area contributed by atoms with Crippen LogP contribution in [0, 0.1) is 12.7 Å². The molecule has 0 bridgehead atoms. The second-order valence-corrected chi connectivity index (χ2v) is 7.12. The van der Waals surface area contributed by atoms with Crippen molar-refractivity contribution in [2.75, 3.05) is 16.8 Å². The van der Waals surface area contributed by atoms with E-state index in [1.807, 2.05) is 38.1 Å². The number of hydrogen-bond acceptors (Lipinski definition) is 4. The summed E-state index contributed by atoms with van der Waals surface area (Å²) in [5.41, 5.74) is 3.07. The topological polar surface area (TPSA) is 58.6 Å². The Morgan fingerprint density at radius 1 is 0.871 bits per heavy atom. The molecule has 0 fully saturated rings. The third kappa shape index (κ3) is 4.05. The van der Waals surface area contributed by atoms with Crippen LogP contribution >= 0.6 is 0 Å². The highest BCUT2D eigenvalue weighted by Crippen LogP contribution is 2.34. The van der Waals surface area contributed by atoms with Crippen LogP contribution in [0.4, 0.5) is 15.8 Å². The lowest BCUT2D eigenvalue weighted by molar-refractivity contribution is -0.120. The number of amides is 2. The van der Waals surface area contributed by atoms with Gasteiger partial charge in [0.25, 0.3) is 11.8 Å². The summed E-state index contributed by atoms with van der Waals surface area (Å²) in [4.78, 5) is 27.7. The normalized spacial score (nSPS) is 13.7. The van der Waals surface area contributed by atoms with Gasteiger partial charge in [-0.3, -0.25) is 9.59 Å². The molecule has 0 saturated heterocycles. The summed E-state index contributed by atoms with van der Waals surface area (Å²) < 4.78 is 18.9. The first-order valence-corrected chi connectivity index (χ1v) is 9.93. The van der Waals surface area contributed by atoms with Crippen molar-refractivity contribution in [3.8, 4) is 5.75 Å². The van der Waals surface area contributed by atoms with E-state index in [0.717, 1.165) is 10.5 Å². The quantitative estimate of drug-likeness (QED) is 0.579. The molecule has 4 rings (SSSR count). The number of nitrogens with zero attached hydrogens (tertiary/aromatic N) is 1. The Morgan fingerprint density at radius 2 is 1.52 bits per heavy atom. The number of rotatable bonds is 6. The van der Waals surface area contributed by atoms with Gasteiger partial charge in [0.2, 0.25) is 0 Å². The van der Waals surface area contributed by atoms with E-state index in [9.17, 15) is 14.0 Å². The molecule has 1 aliphatic heterocycles. The molecule has 0 unspecified atom stereocenters. The molecule has 1 heterocycles. The average molecular weight is 416 g/mol. The van der Waals surface area contributed by atoms with Gasteiger partial charge in [0.15, 0.2) is 0 Å². The van der Waals surface area contributed by atoms with Crippen molar-refractivity contribution in [3.63, 3.8) is 0 Å². The summed E-state index contributed by atoms with van der Waals surface area (Å²) in [5.74, 6) is -0.746. The van der Waals surface area contributed by atoms with Gasteiger partial charge in [-0.25, -0.2) is 9.29 Å². The van der Waals surface area contributed by atoms with E-state index < -0.39 is 17.6 Å². The number of halogens is 1. The van der Waals surface area contributed by atoms with Crippen LogP contribution in [0.5, 0.6) is 5.75 Å². The first-order valence-electron chi connectivity index (χ1n) is 9.93. The summed E-state index contributed by atoms with van der Waals surface area (Å²) in [7, 11) is 0. The second kappa shape index (κ2) is 8.44. The number of imide groups is 1. The Kier molecular flexibility index (Phi) is 5.54. The summed E-state index contributed by atoms with van der Waals surface area (Å²) in [6, 6.07) is 19.8. The molecule has 0 saturated carbocycles. The van der Waals surface area contributed by atoms with Gasteiger partial charge in [0.1, 0.15) is 17.3 Å². The molecule has 0 radical (unpaired) electrons. The average Bonchev–Trinajstić information content (AvgIpc) is 3.01. The van der Waals surface area contributed by atoms with Crippen molar-refractivity contribution in [1.82, 2.24) is 0 Å². The highest BCUT2D eigenvalue weighted by Gasteiger charge is 2.40. The van der Waals surface area contributed by atoms with Crippen molar-refractivity contribution >= 4 is 28.8 Å². The maximum absolute atomic E-state index is 13.4. The van der Waals surface area contributed by atoms with E-state index in [0.29, 0.717) is 29.3 Å². The maximum Gasteiger partial charge on any atom is 0.282 e. The first-order chi connectivity index (χ1) is 15.0. The molecule has 0 aliphatic carbocycles. The smallest absolute Gasteiger partial charge is 0.282 e. The molecule has 6 heteroatoms. The Balaban J connectivity index is 1.78. The van der Waals surface area contributed by atoms with Gasteiger partial charge in [0.05, 0.1) is 17.9 Å². The molecule has 156 valence electrons. The van der Waals surface area contributed by atoms with Crippen LogP contribution in [0.3, 0.4) is 0 Å². The number of hydrogen-bond donors (Lipinski definition) is 1. The second-order valence-electron chi connectivity index (χ2n) is 7.12. The highest BCUT2D eigenvalue weighted by molar-refractivity contribution is 6.46. The summed E-state index contributed by atoms with van der Waals surface area (Å²) >= 11 is 0. The molecule has 31 heavy (non-hydrogen) atoms. The summed E-state index contributed by atoms with van der Waals surface area (Å²) in [6.07, 6.45) is 0. The molecular formula is C25H21FN2O3. The van der Waals surface area contributed by atoms with Crippen LogP contribution < -0.4 is 15.0 Å². The third-order valence-corrected chi connectivity index (χ3v) is 4.94. The number of carbonyl (C=O) groups excluding carboxylic acids is 2. The molecule has 3 aromatic rings. The Labute approximate surface area is 179 Å². The third-order valence-electron chi connectivity index (χ3n) is 4.94. The van der Waals surface area contributed by atoms with E-state index in [4.69, 9.17) is 4.74 Å². The van der Waals surface area contributed by atoms with E-state index in [1.54, 1.807) is 24.3 Å². The van der Waals surface area contributed by atoms with Gasteiger partial charge < -0.3 is 10.1 Å². The van der Waals surface area contributed by atoms with E-state index in [1.165, 1.54) is 24.3 Å². The number of nitrogens with one attached hydrogen (secondary N) is 1. The standard InChI is InChI=1S/C25H21FN2O3/c1-3-31-21-14-6-17(7-15-21)22-23(27-19-10-4-16(2)5-11-19)25(30)28(24(22)29)20-12-8-18(26)9-13-20/h4-15,27H,3H2,1-2H3. The molecule has 3 aromatic carbocycles. The van der Waals surface area contributed by atoms with Gasteiger partial charge >= 0.3 is 0 Å². The lowest BCUT2D eigenvalue weighted by Gasteiger charge is -2.15. The van der Waals surface area contributed by atoms with Gasteiger partial charge in [-0.1, -0.05) is 29.8 Å². The first kappa shape index (κ1) is 20.3. The van der Waals surface area contributed by atoms with E-state index >= 15 is 0 Å². The summed E-state index contributed by atoms with van der Waals surface area (Å²) in [5, 5.41) is 3.11. The zero-order valence-electron chi connectivity index (χ0n) is 17.2. The lowest BCUT2D eigenvalue weighted by Crippen LogP contribution is -2.32. The van der Waals surface area contributed by atoms with Gasteiger partial charge in [0, 0.05) is 5.69 Å². The van der Waals surface area contributed by atoms with Crippen molar-refractivity contribution in [3.05, 3.63) is 95.4 Å². The molecular weight excluding hydrogens is 395 g/mol. The molecule has 2 amide bonds. The number of anilines is 2. The van der Waals surface area contributed by atoms with Crippen LogP contribution in [0.25, 0.3) is 5.57 Å². The van der Waals surface area contributed by atoms with Crippen molar-refractivity contribution in [1.29, 1.82) is 0 Å². The van der Waals surface area contributed by atoms with Crippen LogP contribution in [0.1, 0.15) is 18.1 Å². The van der Waals surface area contributed by atoms with Gasteiger partial charge in [-0.15, -0.1) is 0 Å². The predicted molar refractivity (Wildman–Crippen MR) is 118 cm³/mol. The fourth-order valence-electron chi connectivity index (χ4n) is 3.40. The fourth-order valence-corrected chi connectivity index (χ4v) is 3.40. The largest absolute Gasteiger partial charge is 0.494 e. The molecule has 0 aromatic heterocycles. The van der Waals surface area contributed by atoms with Crippen molar-refractivity contribution in [2.24, 2.45) is 0 Å². The monoisotopic (exact) mass is 416 g/mol. The number of aryl methyl sites for hydroxylation is 1. The lowest BCUT2D eigenvalue weighted by atomic mass is 10.0.